The summed E-state index contributed by atoms with van der Waals surface area (Å²) < 4.78 is 1.43. The summed E-state index contributed by atoms with van der Waals surface area (Å²) >= 11 is 0. The van der Waals surface area contributed by atoms with E-state index in [9.17, 15) is 9.59 Å². The summed E-state index contributed by atoms with van der Waals surface area (Å²) in [6, 6.07) is 0.111. The van der Waals surface area contributed by atoms with Crippen molar-refractivity contribution in [3.63, 3.8) is 0 Å². The minimum atomic E-state index is -1.09. The van der Waals surface area contributed by atoms with Gasteiger partial charge in [0.2, 0.25) is 5.91 Å². The number of hydrogen-bond acceptors (Lipinski definition) is 4. The Bertz CT molecular complexity index is 508. The fourth-order valence-electron chi connectivity index (χ4n) is 2.31. The molecule has 7 heteroatoms. The maximum atomic E-state index is 11.9. The van der Waals surface area contributed by atoms with Crippen molar-refractivity contribution in [2.24, 2.45) is 0 Å². The van der Waals surface area contributed by atoms with E-state index < -0.39 is 5.97 Å². The van der Waals surface area contributed by atoms with Crippen LogP contribution < -0.4 is 5.32 Å². The largest absolute Gasteiger partial charge is 0.476 e. The highest BCUT2D eigenvalue weighted by Gasteiger charge is 2.34. The van der Waals surface area contributed by atoms with Crippen molar-refractivity contribution in [2.45, 2.75) is 58.0 Å². The number of carboxylic acids is 1. The third-order valence-corrected chi connectivity index (χ3v) is 3.36. The van der Waals surface area contributed by atoms with E-state index in [1.54, 1.807) is 0 Å². The van der Waals surface area contributed by atoms with Gasteiger partial charge < -0.3 is 10.4 Å². The number of amides is 1. The maximum absolute atomic E-state index is 11.9. The molecule has 0 spiro atoms. The second-order valence-corrected chi connectivity index (χ2v) is 5.32. The molecule has 20 heavy (non-hydrogen) atoms. The van der Waals surface area contributed by atoms with Gasteiger partial charge in [0.15, 0.2) is 5.69 Å². The van der Waals surface area contributed by atoms with Crippen LogP contribution in [0.1, 0.15) is 61.6 Å². The zero-order valence-corrected chi connectivity index (χ0v) is 11.8. The van der Waals surface area contributed by atoms with Gasteiger partial charge in [0.1, 0.15) is 6.54 Å². The number of hydrogen-bond donors (Lipinski definition) is 2. The van der Waals surface area contributed by atoms with E-state index in [2.05, 4.69) is 22.6 Å². The molecule has 0 saturated heterocycles. The number of carbonyl (C=O) groups is 2. The Morgan fingerprint density at radius 2 is 2.20 bits per heavy atom. The number of carbonyl (C=O) groups excluding carboxylic acids is 1. The molecule has 7 nitrogen and oxygen atoms in total. The van der Waals surface area contributed by atoms with E-state index in [1.165, 1.54) is 4.68 Å². The zero-order chi connectivity index (χ0) is 14.7. The number of carboxylic acid groups (broad SMARTS) is 1. The quantitative estimate of drug-likeness (QED) is 0.781. The Labute approximate surface area is 117 Å². The van der Waals surface area contributed by atoms with Gasteiger partial charge in [-0.25, -0.2) is 9.48 Å². The first-order valence-electron chi connectivity index (χ1n) is 6.99. The normalized spacial score (nSPS) is 15.9. The summed E-state index contributed by atoms with van der Waals surface area (Å²) in [4.78, 5) is 23.0. The number of nitrogens with zero attached hydrogens (tertiary/aromatic N) is 3. The average Bonchev–Trinajstić information content (AvgIpc) is 3.10. The van der Waals surface area contributed by atoms with Crippen LogP contribution in [0, 0.1) is 0 Å². The molecule has 0 radical (unpaired) electrons. The maximum Gasteiger partial charge on any atom is 0.358 e. The molecule has 0 bridgehead atoms. The van der Waals surface area contributed by atoms with Gasteiger partial charge >= 0.3 is 5.97 Å². The van der Waals surface area contributed by atoms with Crippen molar-refractivity contribution < 1.29 is 14.7 Å². The van der Waals surface area contributed by atoms with E-state index in [-0.39, 0.29) is 30.1 Å². The third-order valence-electron chi connectivity index (χ3n) is 3.36. The minimum Gasteiger partial charge on any atom is -0.476 e. The first-order valence-corrected chi connectivity index (χ1v) is 6.99. The van der Waals surface area contributed by atoms with Crippen molar-refractivity contribution in [2.75, 3.05) is 0 Å². The first kappa shape index (κ1) is 14.5. The Kier molecular flexibility index (Phi) is 4.36. The van der Waals surface area contributed by atoms with Gasteiger partial charge in [0.05, 0.1) is 5.69 Å². The fourth-order valence-corrected chi connectivity index (χ4v) is 2.31. The summed E-state index contributed by atoms with van der Waals surface area (Å²) in [5, 5.41) is 19.5. The van der Waals surface area contributed by atoms with Crippen LogP contribution in [0.15, 0.2) is 0 Å². The molecule has 1 unspecified atom stereocenters. The molecule has 1 heterocycles. The summed E-state index contributed by atoms with van der Waals surface area (Å²) in [5.74, 6) is -1.07. The van der Waals surface area contributed by atoms with E-state index >= 15 is 0 Å². The smallest absolute Gasteiger partial charge is 0.358 e. The lowest BCUT2D eigenvalue weighted by atomic mass is 10.2. The topological polar surface area (TPSA) is 97.1 Å². The van der Waals surface area contributed by atoms with Crippen LogP contribution in [0.5, 0.6) is 0 Å². The zero-order valence-electron chi connectivity index (χ0n) is 11.8. The van der Waals surface area contributed by atoms with Crippen molar-refractivity contribution in [1.29, 1.82) is 0 Å². The number of rotatable bonds is 7. The van der Waals surface area contributed by atoms with E-state index in [0.29, 0.717) is 5.69 Å². The molecule has 1 amide bonds. The van der Waals surface area contributed by atoms with Gasteiger partial charge in [-0.2, -0.15) is 0 Å². The molecule has 110 valence electrons. The molecule has 1 fully saturated rings. The van der Waals surface area contributed by atoms with Crippen LogP contribution in [-0.4, -0.2) is 38.0 Å². The highest BCUT2D eigenvalue weighted by molar-refractivity contribution is 5.87. The highest BCUT2D eigenvalue weighted by Crippen LogP contribution is 2.41. The minimum absolute atomic E-state index is 0.0260. The number of aromatic nitrogens is 3. The van der Waals surface area contributed by atoms with Crippen molar-refractivity contribution >= 4 is 11.9 Å². The molecule has 1 aromatic heterocycles. The van der Waals surface area contributed by atoms with E-state index in [0.717, 1.165) is 25.7 Å². The van der Waals surface area contributed by atoms with Crippen LogP contribution in [-0.2, 0) is 11.3 Å². The molecular weight excluding hydrogens is 260 g/mol. The molecule has 1 aliphatic carbocycles. The van der Waals surface area contributed by atoms with Gasteiger partial charge in [-0.1, -0.05) is 18.6 Å². The highest BCUT2D eigenvalue weighted by atomic mass is 16.4. The summed E-state index contributed by atoms with van der Waals surface area (Å²) in [6.07, 6.45) is 3.78. The predicted molar refractivity (Wildman–Crippen MR) is 71.5 cm³/mol. The lowest BCUT2D eigenvalue weighted by Gasteiger charge is -2.13. The monoisotopic (exact) mass is 280 g/mol. The van der Waals surface area contributed by atoms with Crippen molar-refractivity contribution in [3.05, 3.63) is 11.4 Å². The van der Waals surface area contributed by atoms with E-state index in [1.807, 2.05) is 6.92 Å². The molecule has 2 rings (SSSR count). The van der Waals surface area contributed by atoms with Gasteiger partial charge in [-0.15, -0.1) is 5.10 Å². The average molecular weight is 280 g/mol. The van der Waals surface area contributed by atoms with Crippen LogP contribution >= 0.6 is 0 Å². The van der Waals surface area contributed by atoms with E-state index in [4.69, 9.17) is 5.11 Å². The molecule has 1 atom stereocenters. The molecule has 0 aliphatic heterocycles. The van der Waals surface area contributed by atoms with Crippen molar-refractivity contribution in [1.82, 2.24) is 20.3 Å². The van der Waals surface area contributed by atoms with Gasteiger partial charge in [0, 0.05) is 12.0 Å². The standard InChI is InChI=1S/C13H20N4O3/c1-3-4-8(2)14-10(18)7-17-12(9-5-6-9)11(13(19)20)15-16-17/h8-9H,3-7H2,1-2H3,(H,14,18)(H,19,20). The Morgan fingerprint density at radius 3 is 2.75 bits per heavy atom. The van der Waals surface area contributed by atoms with Gasteiger partial charge in [0.25, 0.3) is 0 Å². The lowest BCUT2D eigenvalue weighted by Crippen LogP contribution is -2.35. The van der Waals surface area contributed by atoms with Gasteiger partial charge in [-0.05, 0) is 26.2 Å². The molecule has 0 aromatic carbocycles. The van der Waals surface area contributed by atoms with Crippen LogP contribution in [0.3, 0.4) is 0 Å². The second kappa shape index (κ2) is 6.02. The predicted octanol–water partition coefficient (Wildman–Crippen LogP) is 1.16. The third kappa shape index (κ3) is 3.34. The molecule has 1 aliphatic rings. The fraction of sp³-hybridized carbons (Fsp3) is 0.692. The Hall–Kier alpha value is -1.92. The summed E-state index contributed by atoms with van der Waals surface area (Å²) in [6.45, 7) is 4.04. The number of aromatic carboxylic acids is 1. The lowest BCUT2D eigenvalue weighted by molar-refractivity contribution is -0.122. The molecular formula is C13H20N4O3. The number of nitrogens with one attached hydrogen (secondary N) is 1. The summed E-state index contributed by atoms with van der Waals surface area (Å²) in [7, 11) is 0. The summed E-state index contributed by atoms with van der Waals surface area (Å²) in [5.41, 5.74) is 0.553. The molecule has 1 saturated carbocycles. The van der Waals surface area contributed by atoms with Crippen molar-refractivity contribution in [3.8, 4) is 0 Å². The Balaban J connectivity index is 2.06. The second-order valence-electron chi connectivity index (χ2n) is 5.32. The van der Waals surface area contributed by atoms with Gasteiger partial charge in [-0.3, -0.25) is 4.79 Å². The van der Waals surface area contributed by atoms with Crippen LogP contribution in [0.4, 0.5) is 0 Å². The molecule has 2 N–H and O–H groups in total. The Morgan fingerprint density at radius 1 is 1.50 bits per heavy atom. The SMILES string of the molecule is CCCC(C)NC(=O)Cn1nnc(C(=O)O)c1C1CC1. The van der Waals surface area contributed by atoms with Crippen LogP contribution in [0.2, 0.25) is 0 Å². The first-order chi connectivity index (χ1) is 9.52. The van der Waals surface area contributed by atoms with Crippen LogP contribution in [0.25, 0.3) is 0 Å². The molecule has 1 aromatic rings.